The predicted octanol–water partition coefficient (Wildman–Crippen LogP) is -1.37. The fraction of sp³-hybridized carbons (Fsp3) is 0.333. The lowest BCUT2D eigenvalue weighted by atomic mass is 10.3. The lowest BCUT2D eigenvalue weighted by Gasteiger charge is -2.26. The van der Waals surface area contributed by atoms with E-state index in [2.05, 4.69) is 15.3 Å². The van der Waals surface area contributed by atoms with Crippen LogP contribution in [0.4, 0.5) is 5.82 Å². The van der Waals surface area contributed by atoms with Gasteiger partial charge < -0.3 is 16.0 Å². The predicted molar refractivity (Wildman–Crippen MR) is 55.4 cm³/mol. The molecule has 7 nitrogen and oxygen atoms in total. The number of anilines is 1. The molecule has 1 saturated heterocycles. The molecule has 7 heteroatoms. The van der Waals surface area contributed by atoms with E-state index in [9.17, 15) is 9.59 Å². The zero-order valence-electron chi connectivity index (χ0n) is 8.51. The fourth-order valence-corrected chi connectivity index (χ4v) is 1.48. The first-order valence-electron chi connectivity index (χ1n) is 4.81. The van der Waals surface area contributed by atoms with Crippen LogP contribution in [0.15, 0.2) is 12.4 Å². The molecule has 1 aromatic rings. The molecule has 0 aliphatic carbocycles. The number of nitrogens with one attached hydrogen (secondary N) is 1. The van der Waals surface area contributed by atoms with Crippen LogP contribution in [0.25, 0.3) is 0 Å². The highest BCUT2D eigenvalue weighted by molar-refractivity contribution is 5.98. The van der Waals surface area contributed by atoms with E-state index < -0.39 is 0 Å². The standard InChI is InChI=1S/C9H11N5O2/c10-8-7(12-1-2-13-8)9(16)14-4-3-11-6(15)5-14/h1-2H,3-5H2,(H2,10,13)(H,11,15). The monoisotopic (exact) mass is 221 g/mol. The summed E-state index contributed by atoms with van der Waals surface area (Å²) < 4.78 is 0. The highest BCUT2D eigenvalue weighted by atomic mass is 16.2. The van der Waals surface area contributed by atoms with Crippen molar-refractivity contribution >= 4 is 17.6 Å². The highest BCUT2D eigenvalue weighted by Gasteiger charge is 2.24. The summed E-state index contributed by atoms with van der Waals surface area (Å²) in [5, 5.41) is 2.63. The van der Waals surface area contributed by atoms with Crippen molar-refractivity contribution in [3.05, 3.63) is 18.1 Å². The molecule has 0 atom stereocenters. The molecule has 1 fully saturated rings. The maximum atomic E-state index is 11.9. The van der Waals surface area contributed by atoms with Crippen molar-refractivity contribution in [1.82, 2.24) is 20.2 Å². The SMILES string of the molecule is Nc1nccnc1C(=O)N1CCNC(=O)C1. The molecule has 2 rings (SSSR count). The van der Waals surface area contributed by atoms with Gasteiger partial charge in [-0.1, -0.05) is 0 Å². The summed E-state index contributed by atoms with van der Waals surface area (Å²) >= 11 is 0. The number of carbonyl (C=O) groups excluding carboxylic acids is 2. The number of piperazine rings is 1. The summed E-state index contributed by atoms with van der Waals surface area (Å²) in [4.78, 5) is 32.1. The second kappa shape index (κ2) is 4.13. The van der Waals surface area contributed by atoms with E-state index in [0.717, 1.165) is 0 Å². The number of hydrogen-bond acceptors (Lipinski definition) is 5. The fourth-order valence-electron chi connectivity index (χ4n) is 1.48. The van der Waals surface area contributed by atoms with Crippen molar-refractivity contribution in [3.63, 3.8) is 0 Å². The van der Waals surface area contributed by atoms with Crippen LogP contribution < -0.4 is 11.1 Å². The minimum Gasteiger partial charge on any atom is -0.382 e. The van der Waals surface area contributed by atoms with Crippen LogP contribution in [0.2, 0.25) is 0 Å². The Balaban J connectivity index is 2.19. The third-order valence-corrected chi connectivity index (χ3v) is 2.25. The van der Waals surface area contributed by atoms with Gasteiger partial charge in [0.1, 0.15) is 0 Å². The Hall–Kier alpha value is -2.18. The number of aromatic nitrogens is 2. The van der Waals surface area contributed by atoms with E-state index in [1.807, 2.05) is 0 Å². The molecular formula is C9H11N5O2. The Morgan fingerprint density at radius 1 is 1.44 bits per heavy atom. The minimum absolute atomic E-state index is 0.0366. The van der Waals surface area contributed by atoms with Crippen LogP contribution in [-0.4, -0.2) is 46.3 Å². The molecule has 0 spiro atoms. The maximum absolute atomic E-state index is 11.9. The van der Waals surface area contributed by atoms with Crippen molar-refractivity contribution in [3.8, 4) is 0 Å². The van der Waals surface area contributed by atoms with Crippen LogP contribution >= 0.6 is 0 Å². The van der Waals surface area contributed by atoms with Gasteiger partial charge in [0.25, 0.3) is 5.91 Å². The van der Waals surface area contributed by atoms with E-state index >= 15 is 0 Å². The van der Waals surface area contributed by atoms with Crippen LogP contribution in [0, 0.1) is 0 Å². The molecule has 0 saturated carbocycles. The van der Waals surface area contributed by atoms with Gasteiger partial charge >= 0.3 is 0 Å². The van der Waals surface area contributed by atoms with Gasteiger partial charge in [0.05, 0.1) is 6.54 Å². The molecule has 0 radical (unpaired) electrons. The summed E-state index contributed by atoms with van der Waals surface area (Å²) in [5.74, 6) is -0.457. The normalized spacial score (nSPS) is 15.8. The molecule has 0 unspecified atom stereocenters. The topological polar surface area (TPSA) is 101 Å². The molecule has 1 aliphatic rings. The van der Waals surface area contributed by atoms with E-state index in [0.29, 0.717) is 13.1 Å². The molecule has 84 valence electrons. The Bertz CT molecular complexity index is 434. The first-order chi connectivity index (χ1) is 7.68. The molecule has 16 heavy (non-hydrogen) atoms. The van der Waals surface area contributed by atoms with Gasteiger partial charge in [0.15, 0.2) is 11.5 Å². The lowest BCUT2D eigenvalue weighted by molar-refractivity contribution is -0.123. The second-order valence-corrected chi connectivity index (χ2v) is 3.37. The molecule has 2 heterocycles. The first kappa shape index (κ1) is 10.3. The third-order valence-electron chi connectivity index (χ3n) is 2.25. The Morgan fingerprint density at radius 2 is 2.19 bits per heavy atom. The molecule has 2 amide bonds. The van der Waals surface area contributed by atoms with Crippen LogP contribution in [0.5, 0.6) is 0 Å². The average Bonchev–Trinajstić information content (AvgIpc) is 2.29. The van der Waals surface area contributed by atoms with Gasteiger partial charge in [-0.05, 0) is 0 Å². The quantitative estimate of drug-likeness (QED) is 0.609. The summed E-state index contributed by atoms with van der Waals surface area (Å²) in [5.41, 5.74) is 5.64. The summed E-state index contributed by atoms with van der Waals surface area (Å²) in [7, 11) is 0. The number of hydrogen-bond donors (Lipinski definition) is 2. The Morgan fingerprint density at radius 3 is 2.88 bits per heavy atom. The van der Waals surface area contributed by atoms with E-state index in [-0.39, 0.29) is 29.9 Å². The second-order valence-electron chi connectivity index (χ2n) is 3.37. The first-order valence-corrected chi connectivity index (χ1v) is 4.81. The van der Waals surface area contributed by atoms with Gasteiger partial charge in [-0.15, -0.1) is 0 Å². The molecule has 3 N–H and O–H groups in total. The average molecular weight is 221 g/mol. The lowest BCUT2D eigenvalue weighted by Crippen LogP contribution is -2.50. The maximum Gasteiger partial charge on any atom is 0.276 e. The minimum atomic E-state index is -0.361. The van der Waals surface area contributed by atoms with E-state index in [1.165, 1.54) is 17.3 Å². The van der Waals surface area contributed by atoms with Crippen molar-refractivity contribution < 1.29 is 9.59 Å². The number of nitrogens with two attached hydrogens (primary N) is 1. The van der Waals surface area contributed by atoms with Crippen LogP contribution in [-0.2, 0) is 4.79 Å². The molecule has 1 aromatic heterocycles. The Labute approximate surface area is 91.7 Å². The summed E-state index contributed by atoms with van der Waals surface area (Å²) in [6, 6.07) is 0. The molecular weight excluding hydrogens is 210 g/mol. The molecule has 1 aliphatic heterocycles. The number of rotatable bonds is 1. The zero-order chi connectivity index (χ0) is 11.5. The van der Waals surface area contributed by atoms with Gasteiger partial charge in [0.2, 0.25) is 5.91 Å². The molecule has 0 aromatic carbocycles. The molecule has 0 bridgehead atoms. The van der Waals surface area contributed by atoms with Crippen molar-refractivity contribution in [2.45, 2.75) is 0 Å². The third kappa shape index (κ3) is 1.92. The van der Waals surface area contributed by atoms with E-state index in [4.69, 9.17) is 5.73 Å². The number of amides is 2. The van der Waals surface area contributed by atoms with Gasteiger partial charge in [-0.3, -0.25) is 9.59 Å². The van der Waals surface area contributed by atoms with Crippen molar-refractivity contribution in [1.29, 1.82) is 0 Å². The van der Waals surface area contributed by atoms with Gasteiger partial charge in [-0.2, -0.15) is 0 Å². The number of nitrogens with zero attached hydrogens (tertiary/aromatic N) is 3. The van der Waals surface area contributed by atoms with E-state index in [1.54, 1.807) is 0 Å². The number of nitrogen functional groups attached to an aromatic ring is 1. The Kier molecular flexibility index (Phi) is 2.67. The smallest absolute Gasteiger partial charge is 0.276 e. The van der Waals surface area contributed by atoms with Crippen molar-refractivity contribution in [2.24, 2.45) is 0 Å². The summed E-state index contributed by atoms with van der Waals surface area (Å²) in [6.45, 7) is 0.945. The zero-order valence-corrected chi connectivity index (χ0v) is 8.51. The number of carbonyl (C=O) groups is 2. The van der Waals surface area contributed by atoms with Gasteiger partial charge in [-0.25, -0.2) is 9.97 Å². The van der Waals surface area contributed by atoms with Crippen molar-refractivity contribution in [2.75, 3.05) is 25.4 Å². The highest BCUT2D eigenvalue weighted by Crippen LogP contribution is 2.08. The summed E-state index contributed by atoms with van der Waals surface area (Å²) in [6.07, 6.45) is 2.81. The van der Waals surface area contributed by atoms with Crippen LogP contribution in [0.3, 0.4) is 0 Å². The van der Waals surface area contributed by atoms with Gasteiger partial charge in [0, 0.05) is 25.5 Å². The largest absolute Gasteiger partial charge is 0.382 e. The van der Waals surface area contributed by atoms with Crippen LogP contribution in [0.1, 0.15) is 10.5 Å².